The molecule has 0 N–H and O–H groups in total. The van der Waals surface area contributed by atoms with Crippen LogP contribution in [0.5, 0.6) is 0 Å². The molecule has 32 heavy (non-hydrogen) atoms. The third kappa shape index (κ3) is 21.3. The summed E-state index contributed by atoms with van der Waals surface area (Å²) in [7, 11) is -1.29. The van der Waals surface area contributed by atoms with E-state index in [0.717, 1.165) is 51.4 Å². The van der Waals surface area contributed by atoms with Crippen LogP contribution in [0.15, 0.2) is 72.9 Å². The molecule has 0 fully saturated rings. The summed E-state index contributed by atoms with van der Waals surface area (Å²) in [5.41, 5.74) is 0. The van der Waals surface area contributed by atoms with Crippen LogP contribution >= 0.6 is 0 Å². The van der Waals surface area contributed by atoms with Crippen LogP contribution in [-0.2, 0) is 14.0 Å². The molecule has 0 radical (unpaired) electrons. The smallest absolute Gasteiger partial charge is 0.334 e. The molecule has 0 aliphatic heterocycles. The lowest BCUT2D eigenvalue weighted by Crippen LogP contribution is -2.30. The van der Waals surface area contributed by atoms with Crippen LogP contribution < -0.4 is 0 Å². The molecule has 0 amide bonds. The lowest BCUT2D eigenvalue weighted by Gasteiger charge is -2.17. The minimum Gasteiger partial charge on any atom is -0.464 e. The normalized spacial score (nSPS) is 13.9. The van der Waals surface area contributed by atoms with Crippen LogP contribution in [0.25, 0.3) is 0 Å². The van der Waals surface area contributed by atoms with E-state index < -0.39 is 15.1 Å². The van der Waals surface area contributed by atoms with Crippen molar-refractivity contribution < 1.29 is 14.0 Å². The third-order valence-corrected chi connectivity index (χ3v) is 5.28. The highest BCUT2D eigenvalue weighted by Gasteiger charge is 2.20. The van der Waals surface area contributed by atoms with Crippen molar-refractivity contribution in [2.45, 2.75) is 90.8 Å². The molecule has 0 bridgehead atoms. The molecular weight excluding hydrogens is 412 g/mol. The fourth-order valence-corrected chi connectivity index (χ4v) is 3.58. The largest absolute Gasteiger partial charge is 0.464 e. The fraction of sp³-hybridized carbons (Fsp3) is 0.536. The van der Waals surface area contributed by atoms with Crippen molar-refractivity contribution in [3.8, 4) is 0 Å². The maximum Gasteiger partial charge on any atom is 0.334 e. The van der Waals surface area contributed by atoms with E-state index >= 15 is 0 Å². The summed E-state index contributed by atoms with van der Waals surface area (Å²) in [4.78, 5) is 12.2. The van der Waals surface area contributed by atoms with Crippen molar-refractivity contribution >= 4 is 15.0 Å². The molecule has 0 aromatic rings. The number of carbonyl (C=O) groups is 1. The molecular formula is C28H46O3Si. The highest BCUT2D eigenvalue weighted by atomic mass is 28.3. The number of rotatable bonds is 19. The summed E-state index contributed by atoms with van der Waals surface area (Å²) in [6.07, 6.45) is 34.1. The first-order valence-electron chi connectivity index (χ1n) is 12.4. The van der Waals surface area contributed by atoms with E-state index in [9.17, 15) is 4.79 Å². The van der Waals surface area contributed by atoms with Gasteiger partial charge in [-0.3, -0.25) is 0 Å². The Labute approximate surface area is 199 Å². The third-order valence-electron chi connectivity index (χ3n) is 4.41. The molecule has 1 unspecified atom stereocenters. The number of hydrogen-bond acceptors (Lipinski definition) is 3. The molecule has 0 saturated carbocycles. The van der Waals surface area contributed by atoms with Gasteiger partial charge in [0.15, 0.2) is 9.04 Å². The van der Waals surface area contributed by atoms with E-state index in [1.165, 1.54) is 0 Å². The number of allylic oxidation sites excluding steroid dienone is 11. The number of unbranched alkanes of at least 4 members (excludes halogenated alkanes) is 3. The lowest BCUT2D eigenvalue weighted by molar-refractivity contribution is -0.152. The van der Waals surface area contributed by atoms with Gasteiger partial charge in [0.1, 0.15) is 6.10 Å². The monoisotopic (exact) mass is 458 g/mol. The summed E-state index contributed by atoms with van der Waals surface area (Å²) in [5, 5.41) is 0. The molecule has 0 aliphatic rings. The minimum atomic E-state index is -1.29. The number of hydrogen-bond donors (Lipinski definition) is 0. The van der Waals surface area contributed by atoms with Crippen molar-refractivity contribution in [3.63, 3.8) is 0 Å². The molecule has 0 heterocycles. The van der Waals surface area contributed by atoms with Crippen LogP contribution in [0.2, 0.25) is 13.1 Å². The molecule has 3 nitrogen and oxygen atoms in total. The van der Waals surface area contributed by atoms with E-state index in [0.29, 0.717) is 13.0 Å². The van der Waals surface area contributed by atoms with Crippen molar-refractivity contribution in [3.05, 3.63) is 72.9 Å². The molecule has 0 rings (SSSR count). The first-order chi connectivity index (χ1) is 15.6. The van der Waals surface area contributed by atoms with E-state index in [2.05, 4.69) is 93.8 Å². The zero-order valence-corrected chi connectivity index (χ0v) is 22.0. The standard InChI is InChI=1S/C28H46O3Si/c1-5-7-9-10-11-12-13-14-15-16-17-18-19-20-21-22-23-24-25-27(31-32(3)4)28(29)30-26-8-6-2/h7,9,12-17,20-21,23-24,27,32H,5-6,8,10-11,18-19,22,25-26H2,1-4H3. The zero-order chi connectivity index (χ0) is 23.7. The van der Waals surface area contributed by atoms with Gasteiger partial charge >= 0.3 is 5.97 Å². The Balaban J connectivity index is 3.97. The highest BCUT2D eigenvalue weighted by molar-refractivity contribution is 6.48. The Morgan fingerprint density at radius 1 is 0.781 bits per heavy atom. The van der Waals surface area contributed by atoms with E-state index in [-0.39, 0.29) is 5.97 Å². The summed E-state index contributed by atoms with van der Waals surface area (Å²) in [6.45, 7) is 8.88. The van der Waals surface area contributed by atoms with Crippen molar-refractivity contribution in [1.29, 1.82) is 0 Å². The van der Waals surface area contributed by atoms with Crippen LogP contribution in [0.3, 0.4) is 0 Å². The Morgan fingerprint density at radius 3 is 1.97 bits per heavy atom. The summed E-state index contributed by atoms with van der Waals surface area (Å²) in [5.74, 6) is -0.222. The second kappa shape index (κ2) is 23.7. The first kappa shape index (κ1) is 30.1. The predicted octanol–water partition coefficient (Wildman–Crippen LogP) is 7.79. The Hall–Kier alpha value is -1.91. The second-order valence-corrected chi connectivity index (χ2v) is 10.3. The van der Waals surface area contributed by atoms with Crippen LogP contribution in [0.1, 0.15) is 71.6 Å². The quantitative estimate of drug-likeness (QED) is 0.0651. The predicted molar refractivity (Wildman–Crippen MR) is 142 cm³/mol. The summed E-state index contributed by atoms with van der Waals surface area (Å²) in [6, 6.07) is 0. The fourth-order valence-electron chi connectivity index (χ4n) is 2.70. The molecule has 180 valence electrons. The number of carbonyl (C=O) groups excluding carboxylic acids is 1. The molecule has 0 spiro atoms. The van der Waals surface area contributed by atoms with Gasteiger partial charge < -0.3 is 9.16 Å². The van der Waals surface area contributed by atoms with Gasteiger partial charge in [-0.05, 0) is 58.0 Å². The topological polar surface area (TPSA) is 35.5 Å². The van der Waals surface area contributed by atoms with Crippen LogP contribution in [0, 0.1) is 0 Å². The highest BCUT2D eigenvalue weighted by Crippen LogP contribution is 2.07. The van der Waals surface area contributed by atoms with Gasteiger partial charge in [0.2, 0.25) is 0 Å². The summed E-state index contributed by atoms with van der Waals surface area (Å²) >= 11 is 0. The Kier molecular flexibility index (Phi) is 22.3. The molecule has 4 heteroatoms. The van der Waals surface area contributed by atoms with Gasteiger partial charge in [0, 0.05) is 6.42 Å². The van der Waals surface area contributed by atoms with Crippen LogP contribution in [-0.4, -0.2) is 27.7 Å². The summed E-state index contributed by atoms with van der Waals surface area (Å²) < 4.78 is 11.2. The lowest BCUT2D eigenvalue weighted by atomic mass is 10.2. The zero-order valence-electron chi connectivity index (χ0n) is 20.9. The van der Waals surface area contributed by atoms with Gasteiger partial charge in [0.25, 0.3) is 0 Å². The molecule has 1 atom stereocenters. The average molecular weight is 459 g/mol. The van der Waals surface area contributed by atoms with Crippen molar-refractivity contribution in [2.75, 3.05) is 6.61 Å². The Morgan fingerprint density at radius 2 is 1.38 bits per heavy atom. The molecule has 0 aromatic carbocycles. The first-order valence-corrected chi connectivity index (χ1v) is 15.1. The van der Waals surface area contributed by atoms with Crippen LogP contribution in [0.4, 0.5) is 0 Å². The van der Waals surface area contributed by atoms with Gasteiger partial charge in [-0.25, -0.2) is 4.79 Å². The second-order valence-electron chi connectivity index (χ2n) is 7.88. The number of ether oxygens (including phenoxy) is 1. The average Bonchev–Trinajstić information content (AvgIpc) is 2.77. The van der Waals surface area contributed by atoms with Crippen molar-refractivity contribution in [1.82, 2.24) is 0 Å². The van der Waals surface area contributed by atoms with Gasteiger partial charge in [0.05, 0.1) is 6.61 Å². The van der Waals surface area contributed by atoms with E-state index in [1.54, 1.807) is 0 Å². The maximum atomic E-state index is 12.2. The minimum absolute atomic E-state index is 0.222. The van der Waals surface area contributed by atoms with Gasteiger partial charge in [-0.15, -0.1) is 0 Å². The molecule has 0 aromatic heterocycles. The SMILES string of the molecule is CCC=CCCC=CC=CC=CCCC=CCC=CCC(O[SiH](C)C)C(=O)OCCCC. The number of esters is 1. The molecule has 0 aliphatic carbocycles. The Bertz CT molecular complexity index is 612. The van der Waals surface area contributed by atoms with E-state index in [1.807, 2.05) is 6.08 Å². The maximum absolute atomic E-state index is 12.2. The van der Waals surface area contributed by atoms with Gasteiger partial charge in [-0.1, -0.05) is 93.2 Å². The molecule has 0 saturated heterocycles. The van der Waals surface area contributed by atoms with Crippen molar-refractivity contribution in [2.24, 2.45) is 0 Å². The van der Waals surface area contributed by atoms with Gasteiger partial charge in [-0.2, -0.15) is 0 Å². The van der Waals surface area contributed by atoms with E-state index in [4.69, 9.17) is 9.16 Å².